The summed E-state index contributed by atoms with van der Waals surface area (Å²) in [5.74, 6) is 2.19. The van der Waals surface area contributed by atoms with Crippen LogP contribution < -0.4 is 9.47 Å². The Morgan fingerprint density at radius 2 is 1.68 bits per heavy atom. The number of hydrogen-bond donors (Lipinski definition) is 0. The molecule has 212 valence electrons. The molecule has 0 radical (unpaired) electrons. The standard InChI is InChI=1S/C34H37N3O4/c1-4-6-18-37-30(29(5-2)35-33(37)27-10-8-7-9-11-27)24-36(22-25-12-15-28(16-13-25)34(38)39-3)23-26-14-17-31-32(21-26)41-20-19-40-31/h5,7-17,21H,2,4,6,18-20,22-24H2,1,3H3. The maximum atomic E-state index is 12.0. The van der Waals surface area contributed by atoms with E-state index in [0.717, 1.165) is 64.8 Å². The first-order valence-electron chi connectivity index (χ1n) is 14.1. The van der Waals surface area contributed by atoms with E-state index < -0.39 is 0 Å². The van der Waals surface area contributed by atoms with Gasteiger partial charge in [0.2, 0.25) is 0 Å². The first-order valence-corrected chi connectivity index (χ1v) is 14.1. The van der Waals surface area contributed by atoms with Crippen molar-refractivity contribution in [2.75, 3.05) is 20.3 Å². The summed E-state index contributed by atoms with van der Waals surface area (Å²) in [5, 5.41) is 0. The van der Waals surface area contributed by atoms with Crippen LogP contribution in [0.4, 0.5) is 0 Å². The summed E-state index contributed by atoms with van der Waals surface area (Å²) in [6.45, 7) is 10.3. The number of carbonyl (C=O) groups excluding carboxylic acids is 1. The second-order valence-corrected chi connectivity index (χ2v) is 10.2. The maximum Gasteiger partial charge on any atom is 0.337 e. The van der Waals surface area contributed by atoms with Crippen LogP contribution in [0.15, 0.2) is 79.4 Å². The Morgan fingerprint density at radius 3 is 2.39 bits per heavy atom. The minimum atomic E-state index is -0.339. The Morgan fingerprint density at radius 1 is 0.976 bits per heavy atom. The summed E-state index contributed by atoms with van der Waals surface area (Å²) < 4.78 is 18.8. The van der Waals surface area contributed by atoms with Crippen LogP contribution in [0.2, 0.25) is 0 Å². The van der Waals surface area contributed by atoms with E-state index in [0.29, 0.717) is 38.4 Å². The number of hydrogen-bond acceptors (Lipinski definition) is 6. The lowest BCUT2D eigenvalue weighted by molar-refractivity contribution is 0.0600. The lowest BCUT2D eigenvalue weighted by Gasteiger charge is -2.25. The number of esters is 1. The SMILES string of the molecule is C=Cc1nc(-c2ccccc2)n(CCCC)c1CN(Cc1ccc(C(=O)OC)cc1)Cc1ccc2c(c1)OCCO2. The number of rotatable bonds is 12. The highest BCUT2D eigenvalue weighted by molar-refractivity contribution is 5.89. The molecule has 3 aromatic carbocycles. The average Bonchev–Trinajstić information content (AvgIpc) is 3.37. The van der Waals surface area contributed by atoms with Crippen LogP contribution in [-0.4, -0.2) is 40.7 Å². The molecule has 41 heavy (non-hydrogen) atoms. The Balaban J connectivity index is 1.50. The Hall–Kier alpha value is -4.36. The molecule has 0 bridgehead atoms. The lowest BCUT2D eigenvalue weighted by Crippen LogP contribution is -2.25. The fraction of sp³-hybridized carbons (Fsp3) is 0.294. The topological polar surface area (TPSA) is 65.8 Å². The van der Waals surface area contributed by atoms with Gasteiger partial charge in [-0.1, -0.05) is 68.5 Å². The van der Waals surface area contributed by atoms with Gasteiger partial charge in [0.05, 0.1) is 24.1 Å². The largest absolute Gasteiger partial charge is 0.486 e. The molecule has 4 aromatic rings. The van der Waals surface area contributed by atoms with E-state index in [2.05, 4.69) is 47.2 Å². The highest BCUT2D eigenvalue weighted by atomic mass is 16.6. The van der Waals surface area contributed by atoms with Crippen molar-refractivity contribution < 1.29 is 19.0 Å². The van der Waals surface area contributed by atoms with Crippen molar-refractivity contribution >= 4 is 12.0 Å². The predicted molar refractivity (Wildman–Crippen MR) is 161 cm³/mol. The monoisotopic (exact) mass is 551 g/mol. The third-order valence-corrected chi connectivity index (χ3v) is 7.23. The van der Waals surface area contributed by atoms with Crippen LogP contribution in [0.25, 0.3) is 17.5 Å². The van der Waals surface area contributed by atoms with E-state index in [1.165, 1.54) is 7.11 Å². The summed E-state index contributed by atoms with van der Waals surface area (Å²) in [5.41, 5.74) is 5.88. The van der Waals surface area contributed by atoms with Crippen LogP contribution in [0.3, 0.4) is 0 Å². The summed E-state index contributed by atoms with van der Waals surface area (Å²) in [7, 11) is 1.40. The summed E-state index contributed by atoms with van der Waals surface area (Å²) >= 11 is 0. The molecule has 0 spiro atoms. The van der Waals surface area contributed by atoms with E-state index in [1.54, 1.807) is 0 Å². The molecule has 1 aromatic heterocycles. The van der Waals surface area contributed by atoms with Gasteiger partial charge in [-0.05, 0) is 47.9 Å². The number of unbranched alkanes of at least 4 members (excludes halogenated alkanes) is 1. The minimum Gasteiger partial charge on any atom is -0.486 e. The zero-order chi connectivity index (χ0) is 28.6. The van der Waals surface area contributed by atoms with Gasteiger partial charge in [0, 0.05) is 31.7 Å². The molecule has 0 atom stereocenters. The summed E-state index contributed by atoms with van der Waals surface area (Å²) in [6.07, 6.45) is 4.00. The van der Waals surface area contributed by atoms with Crippen molar-refractivity contribution in [3.63, 3.8) is 0 Å². The first kappa shape index (κ1) is 28.2. The Labute approximate surface area is 242 Å². The van der Waals surface area contributed by atoms with Crippen molar-refractivity contribution in [1.29, 1.82) is 0 Å². The van der Waals surface area contributed by atoms with E-state index in [4.69, 9.17) is 19.2 Å². The molecule has 5 rings (SSSR count). The minimum absolute atomic E-state index is 0.339. The van der Waals surface area contributed by atoms with Gasteiger partial charge in [0.1, 0.15) is 19.0 Å². The number of nitrogens with zero attached hydrogens (tertiary/aromatic N) is 3. The molecular weight excluding hydrogens is 514 g/mol. The molecule has 0 aliphatic carbocycles. The molecule has 0 N–H and O–H groups in total. The van der Waals surface area contributed by atoms with Gasteiger partial charge in [0.25, 0.3) is 0 Å². The van der Waals surface area contributed by atoms with Gasteiger partial charge in [-0.2, -0.15) is 0 Å². The van der Waals surface area contributed by atoms with Crippen LogP contribution in [0.5, 0.6) is 11.5 Å². The highest BCUT2D eigenvalue weighted by Gasteiger charge is 2.21. The second kappa shape index (κ2) is 13.3. The fourth-order valence-corrected chi connectivity index (χ4v) is 5.15. The van der Waals surface area contributed by atoms with Crippen LogP contribution in [0, 0.1) is 0 Å². The molecule has 7 heteroatoms. The molecule has 2 heterocycles. The first-order chi connectivity index (χ1) is 20.1. The second-order valence-electron chi connectivity index (χ2n) is 10.2. The number of aromatic nitrogens is 2. The molecule has 0 saturated heterocycles. The molecule has 0 unspecified atom stereocenters. The number of methoxy groups -OCH3 is 1. The van der Waals surface area contributed by atoms with Gasteiger partial charge in [-0.15, -0.1) is 0 Å². The molecule has 1 aliphatic heterocycles. The third kappa shape index (κ3) is 6.69. The van der Waals surface area contributed by atoms with E-state index in [9.17, 15) is 4.79 Å². The van der Waals surface area contributed by atoms with E-state index in [-0.39, 0.29) is 5.97 Å². The van der Waals surface area contributed by atoms with Crippen molar-refractivity contribution in [1.82, 2.24) is 14.5 Å². The maximum absolute atomic E-state index is 12.0. The van der Waals surface area contributed by atoms with Gasteiger partial charge in [-0.25, -0.2) is 9.78 Å². The number of carbonyl (C=O) groups is 1. The van der Waals surface area contributed by atoms with Gasteiger partial charge in [-0.3, -0.25) is 4.90 Å². The van der Waals surface area contributed by atoms with Crippen LogP contribution >= 0.6 is 0 Å². The quantitative estimate of drug-likeness (QED) is 0.181. The summed E-state index contributed by atoms with van der Waals surface area (Å²) in [6, 6.07) is 24.1. The molecule has 0 amide bonds. The smallest absolute Gasteiger partial charge is 0.337 e. The zero-order valence-corrected chi connectivity index (χ0v) is 23.8. The van der Waals surface area contributed by atoms with Crippen molar-refractivity contribution in [3.05, 3.63) is 107 Å². The van der Waals surface area contributed by atoms with Crippen molar-refractivity contribution in [2.45, 2.75) is 45.9 Å². The van der Waals surface area contributed by atoms with Crippen LogP contribution in [0.1, 0.15) is 52.6 Å². The molecule has 0 fully saturated rings. The van der Waals surface area contributed by atoms with E-state index in [1.807, 2.05) is 54.6 Å². The Bertz CT molecular complexity index is 1480. The number of benzene rings is 3. The van der Waals surface area contributed by atoms with Gasteiger partial charge in [0.15, 0.2) is 11.5 Å². The van der Waals surface area contributed by atoms with E-state index >= 15 is 0 Å². The number of ether oxygens (including phenoxy) is 3. The highest BCUT2D eigenvalue weighted by Crippen LogP contribution is 2.32. The van der Waals surface area contributed by atoms with Crippen molar-refractivity contribution in [2.24, 2.45) is 0 Å². The number of imidazole rings is 1. The summed E-state index contributed by atoms with van der Waals surface area (Å²) in [4.78, 5) is 19.4. The fourth-order valence-electron chi connectivity index (χ4n) is 5.15. The molecule has 1 aliphatic rings. The lowest BCUT2D eigenvalue weighted by atomic mass is 10.1. The molecular formula is C34H37N3O4. The predicted octanol–water partition coefficient (Wildman–Crippen LogP) is 6.75. The van der Waals surface area contributed by atoms with Gasteiger partial charge < -0.3 is 18.8 Å². The van der Waals surface area contributed by atoms with Crippen molar-refractivity contribution in [3.8, 4) is 22.9 Å². The normalized spacial score (nSPS) is 12.4. The molecule has 0 saturated carbocycles. The number of fused-ring (bicyclic) bond motifs is 1. The zero-order valence-electron chi connectivity index (χ0n) is 23.8. The average molecular weight is 552 g/mol. The molecule has 7 nitrogen and oxygen atoms in total. The van der Waals surface area contributed by atoms with Gasteiger partial charge >= 0.3 is 5.97 Å². The third-order valence-electron chi connectivity index (χ3n) is 7.23. The Kier molecular flexibility index (Phi) is 9.16. The van der Waals surface area contributed by atoms with Crippen LogP contribution in [-0.2, 0) is 30.9 Å².